The molecule has 1 aliphatic heterocycles. The summed E-state index contributed by atoms with van der Waals surface area (Å²) < 4.78 is 5.28. The summed E-state index contributed by atoms with van der Waals surface area (Å²) >= 11 is 0. The first kappa shape index (κ1) is 26.7. The molecule has 5 N–H and O–H groups in total. The SMILES string of the molecule is Cc1cc(C[C@@H](CNC(=O)C[C@@H](C)N)C(=O)N2CCC(NC(=O)c3cc(C4CC4)on3)CC2)ccc1O. The molecule has 4 rings (SSSR count). The van der Waals surface area contributed by atoms with Crippen LogP contribution in [0.2, 0.25) is 0 Å². The average Bonchev–Trinajstić information content (AvgIpc) is 3.59. The maximum Gasteiger partial charge on any atom is 0.273 e. The molecule has 10 nitrogen and oxygen atoms in total. The molecule has 2 atom stereocenters. The van der Waals surface area contributed by atoms with Gasteiger partial charge in [-0.05, 0) is 63.1 Å². The van der Waals surface area contributed by atoms with Gasteiger partial charge in [0.15, 0.2) is 5.69 Å². The van der Waals surface area contributed by atoms with Crippen LogP contribution in [0.4, 0.5) is 0 Å². The predicted molar refractivity (Wildman–Crippen MR) is 137 cm³/mol. The molecule has 2 fully saturated rings. The van der Waals surface area contributed by atoms with Crippen molar-refractivity contribution in [1.29, 1.82) is 0 Å². The van der Waals surface area contributed by atoms with E-state index in [1.54, 1.807) is 30.0 Å². The van der Waals surface area contributed by atoms with E-state index >= 15 is 0 Å². The summed E-state index contributed by atoms with van der Waals surface area (Å²) in [7, 11) is 0. The molecule has 0 radical (unpaired) electrons. The number of piperidine rings is 1. The van der Waals surface area contributed by atoms with Crippen molar-refractivity contribution in [1.82, 2.24) is 20.7 Å². The van der Waals surface area contributed by atoms with Crippen LogP contribution in [-0.2, 0) is 16.0 Å². The Labute approximate surface area is 216 Å². The van der Waals surface area contributed by atoms with E-state index in [0.29, 0.717) is 44.0 Å². The molecule has 1 aromatic heterocycles. The van der Waals surface area contributed by atoms with Crippen molar-refractivity contribution in [3.63, 3.8) is 0 Å². The number of carbonyl (C=O) groups excluding carboxylic acids is 3. The summed E-state index contributed by atoms with van der Waals surface area (Å²) in [5.41, 5.74) is 7.68. The molecule has 2 heterocycles. The second-order valence-electron chi connectivity index (χ2n) is 10.5. The summed E-state index contributed by atoms with van der Waals surface area (Å²) in [5.74, 6) is 0.436. The van der Waals surface area contributed by atoms with Crippen molar-refractivity contribution in [3.8, 4) is 5.75 Å². The van der Waals surface area contributed by atoms with Crippen molar-refractivity contribution in [2.24, 2.45) is 11.7 Å². The fourth-order valence-electron chi connectivity index (χ4n) is 4.70. The van der Waals surface area contributed by atoms with Crippen LogP contribution in [0.1, 0.15) is 72.3 Å². The number of amides is 3. The fourth-order valence-corrected chi connectivity index (χ4v) is 4.70. The van der Waals surface area contributed by atoms with E-state index in [0.717, 1.165) is 29.7 Å². The highest BCUT2D eigenvalue weighted by Gasteiger charge is 2.31. The Morgan fingerprint density at radius 1 is 1.19 bits per heavy atom. The first-order chi connectivity index (χ1) is 17.7. The maximum absolute atomic E-state index is 13.5. The van der Waals surface area contributed by atoms with E-state index in [9.17, 15) is 19.5 Å². The zero-order valence-electron chi connectivity index (χ0n) is 21.5. The highest BCUT2D eigenvalue weighted by Crippen LogP contribution is 2.40. The minimum absolute atomic E-state index is 0.0397. The van der Waals surface area contributed by atoms with E-state index in [1.807, 2.05) is 13.0 Å². The van der Waals surface area contributed by atoms with Crippen molar-refractivity contribution in [2.75, 3.05) is 19.6 Å². The van der Waals surface area contributed by atoms with Gasteiger partial charge in [0.05, 0.1) is 5.92 Å². The number of phenols is 1. The van der Waals surface area contributed by atoms with E-state index < -0.39 is 5.92 Å². The summed E-state index contributed by atoms with van der Waals surface area (Å²) in [6.45, 7) is 4.80. The normalized spacial score (nSPS) is 17.8. The number of carbonyl (C=O) groups is 3. The van der Waals surface area contributed by atoms with Gasteiger partial charge in [0.25, 0.3) is 5.91 Å². The van der Waals surface area contributed by atoms with Crippen LogP contribution in [0.25, 0.3) is 0 Å². The van der Waals surface area contributed by atoms with E-state index in [4.69, 9.17) is 10.3 Å². The lowest BCUT2D eigenvalue weighted by Gasteiger charge is -2.34. The number of nitrogens with one attached hydrogen (secondary N) is 2. The largest absolute Gasteiger partial charge is 0.508 e. The molecule has 1 aromatic carbocycles. The number of likely N-dealkylation sites (tertiary alicyclic amines) is 1. The van der Waals surface area contributed by atoms with Gasteiger partial charge >= 0.3 is 0 Å². The third kappa shape index (κ3) is 7.31. The molecule has 1 saturated heterocycles. The lowest BCUT2D eigenvalue weighted by atomic mass is 9.94. The molecule has 10 heteroatoms. The van der Waals surface area contributed by atoms with Gasteiger partial charge in [-0.25, -0.2) is 0 Å². The number of hydrogen-bond donors (Lipinski definition) is 4. The van der Waals surface area contributed by atoms with E-state index in [1.165, 1.54) is 0 Å². The number of aromatic hydroxyl groups is 1. The number of nitrogens with zero attached hydrogens (tertiary/aromatic N) is 2. The fraction of sp³-hybridized carbons (Fsp3) is 0.556. The van der Waals surface area contributed by atoms with Gasteiger partial charge in [-0.2, -0.15) is 0 Å². The highest BCUT2D eigenvalue weighted by molar-refractivity contribution is 5.92. The van der Waals surface area contributed by atoms with Gasteiger partial charge in [-0.3, -0.25) is 14.4 Å². The quantitative estimate of drug-likeness (QED) is 0.381. The number of rotatable bonds is 10. The molecular formula is C27H37N5O5. The molecule has 37 heavy (non-hydrogen) atoms. The highest BCUT2D eigenvalue weighted by atomic mass is 16.5. The molecule has 2 aliphatic rings. The number of aryl methyl sites for hydroxylation is 1. The Kier molecular flexibility index (Phi) is 8.48. The number of hydrogen-bond acceptors (Lipinski definition) is 7. The molecule has 200 valence electrons. The Morgan fingerprint density at radius 3 is 2.57 bits per heavy atom. The van der Waals surface area contributed by atoms with Crippen LogP contribution in [0.5, 0.6) is 5.75 Å². The smallest absolute Gasteiger partial charge is 0.273 e. The van der Waals surface area contributed by atoms with Crippen LogP contribution in [-0.4, -0.2) is 64.6 Å². The van der Waals surface area contributed by atoms with Crippen molar-refractivity contribution >= 4 is 17.7 Å². The third-order valence-electron chi connectivity index (χ3n) is 7.03. The van der Waals surface area contributed by atoms with Gasteiger partial charge < -0.3 is 30.9 Å². The Hall–Kier alpha value is -3.40. The molecule has 2 aromatic rings. The molecule has 0 unspecified atom stereocenters. The topological polar surface area (TPSA) is 151 Å². The van der Waals surface area contributed by atoms with Crippen molar-refractivity contribution in [2.45, 2.75) is 70.4 Å². The first-order valence-corrected chi connectivity index (χ1v) is 13.1. The van der Waals surface area contributed by atoms with Crippen LogP contribution < -0.4 is 16.4 Å². The number of nitrogens with two attached hydrogens (primary N) is 1. The molecule has 1 saturated carbocycles. The van der Waals surface area contributed by atoms with Gasteiger partial charge in [0.1, 0.15) is 11.5 Å². The Morgan fingerprint density at radius 2 is 1.92 bits per heavy atom. The van der Waals surface area contributed by atoms with Gasteiger partial charge in [-0.1, -0.05) is 17.3 Å². The number of phenolic OH excluding ortho intramolecular Hbond substituents is 1. The van der Waals surface area contributed by atoms with Gasteiger partial charge in [0, 0.05) is 50.1 Å². The predicted octanol–water partition coefficient (Wildman–Crippen LogP) is 2.00. The molecule has 0 bridgehead atoms. The lowest BCUT2D eigenvalue weighted by Crippen LogP contribution is -2.50. The van der Waals surface area contributed by atoms with Crippen LogP contribution in [0.15, 0.2) is 28.8 Å². The number of benzene rings is 1. The van der Waals surface area contributed by atoms with Gasteiger partial charge in [0.2, 0.25) is 11.8 Å². The maximum atomic E-state index is 13.5. The summed E-state index contributed by atoms with van der Waals surface area (Å²) in [6, 6.07) is 6.69. The third-order valence-corrected chi connectivity index (χ3v) is 7.03. The van der Waals surface area contributed by atoms with E-state index in [2.05, 4.69) is 15.8 Å². The second-order valence-corrected chi connectivity index (χ2v) is 10.5. The molecule has 1 aliphatic carbocycles. The summed E-state index contributed by atoms with van der Waals surface area (Å²) in [6.07, 6.45) is 4.04. The van der Waals surface area contributed by atoms with Crippen LogP contribution in [0.3, 0.4) is 0 Å². The summed E-state index contributed by atoms with van der Waals surface area (Å²) in [5, 5.41) is 19.6. The zero-order valence-corrected chi connectivity index (χ0v) is 21.5. The molecule has 3 amide bonds. The Bertz CT molecular complexity index is 1120. The minimum Gasteiger partial charge on any atom is -0.508 e. The van der Waals surface area contributed by atoms with E-state index in [-0.39, 0.29) is 48.5 Å². The summed E-state index contributed by atoms with van der Waals surface area (Å²) in [4.78, 5) is 40.1. The van der Waals surface area contributed by atoms with Crippen LogP contribution >= 0.6 is 0 Å². The second kappa shape index (κ2) is 11.8. The minimum atomic E-state index is -0.455. The standard InChI is InChI=1S/C27H37N5O5/c1-16-11-18(3-6-23(16)33)13-20(15-29-25(34)12-17(2)28)27(36)32-9-7-21(8-10-32)30-26(35)22-14-24(37-31-22)19-4-5-19/h3,6,11,14,17,19-21,33H,4-5,7-10,12-13,15,28H2,1-2H3,(H,29,34)(H,30,35)/t17-,20+/m1/s1. The monoisotopic (exact) mass is 511 g/mol. The van der Waals surface area contributed by atoms with Gasteiger partial charge in [-0.15, -0.1) is 0 Å². The first-order valence-electron chi connectivity index (χ1n) is 13.1. The average molecular weight is 512 g/mol. The van der Waals surface area contributed by atoms with Crippen molar-refractivity contribution in [3.05, 3.63) is 46.8 Å². The zero-order chi connectivity index (χ0) is 26.5. The van der Waals surface area contributed by atoms with Crippen LogP contribution in [0, 0.1) is 12.8 Å². The molecular weight excluding hydrogens is 474 g/mol. The Balaban J connectivity index is 1.33. The van der Waals surface area contributed by atoms with Crippen molar-refractivity contribution < 1.29 is 24.0 Å². The number of aromatic nitrogens is 1. The lowest BCUT2D eigenvalue weighted by molar-refractivity contribution is -0.136. The molecule has 0 spiro atoms.